The molecule has 0 radical (unpaired) electrons. The summed E-state index contributed by atoms with van der Waals surface area (Å²) in [6.45, 7) is 2.71. The summed E-state index contributed by atoms with van der Waals surface area (Å²) in [7, 11) is -0.774. The van der Waals surface area contributed by atoms with Gasteiger partial charge in [0, 0.05) is 29.8 Å². The molecule has 5 aromatic rings. The van der Waals surface area contributed by atoms with Gasteiger partial charge in [-0.15, -0.1) is 0 Å². The molecule has 0 aliphatic carbocycles. The standard InChI is InChI=1S/C35H37F2N5O5S/c1-48(2,3)18-17-46-22-41-29-12-7-23(35(44)40-13-15-45-16-14-40)19-24(29)20-30(41)33(43)27-21-39-42(34(27)38)25-8-10-26(11-9-25)47-31-6-4-5-28(36)32(31)37/h4-12,19-21H,13-18,22,38H2,1-3H3. The molecular weight excluding hydrogens is 640 g/mol. The summed E-state index contributed by atoms with van der Waals surface area (Å²) in [5, 5.41) is 5.09. The molecule has 1 amide bonds. The number of nitrogens with zero attached hydrogens (tertiary/aromatic N) is 4. The van der Waals surface area contributed by atoms with E-state index in [-0.39, 0.29) is 41.3 Å². The number of nitrogens with two attached hydrogens (primary N) is 1. The zero-order valence-electron chi connectivity index (χ0n) is 26.9. The predicted octanol–water partition coefficient (Wildman–Crippen LogP) is 5.85. The number of ether oxygens (including phenoxy) is 3. The molecule has 1 aliphatic rings. The Balaban J connectivity index is 1.28. The zero-order valence-corrected chi connectivity index (χ0v) is 27.8. The molecule has 13 heteroatoms. The normalized spacial score (nSPS) is 14.0. The Hall–Kier alpha value is -4.72. The maximum absolute atomic E-state index is 14.1. The molecule has 0 saturated carbocycles. The third kappa shape index (κ3) is 7.08. The van der Waals surface area contributed by atoms with Gasteiger partial charge in [-0.25, -0.2) is 19.1 Å². The van der Waals surface area contributed by atoms with Crippen molar-refractivity contribution in [3.05, 3.63) is 101 Å². The van der Waals surface area contributed by atoms with E-state index in [0.717, 1.165) is 22.7 Å². The first-order valence-electron chi connectivity index (χ1n) is 15.3. The van der Waals surface area contributed by atoms with Gasteiger partial charge in [0.2, 0.25) is 11.6 Å². The Labute approximate surface area is 278 Å². The third-order valence-corrected chi connectivity index (χ3v) is 9.41. The van der Waals surface area contributed by atoms with Crippen LogP contribution >= 0.6 is 10.0 Å². The molecule has 1 saturated heterocycles. The highest BCUT2D eigenvalue weighted by Gasteiger charge is 2.25. The molecule has 1 fully saturated rings. The number of benzene rings is 3. The van der Waals surface area contributed by atoms with Crippen LogP contribution in [-0.4, -0.2) is 88.4 Å². The minimum Gasteiger partial charge on any atom is -0.454 e. The average molecular weight is 678 g/mol. The molecule has 3 heterocycles. The van der Waals surface area contributed by atoms with Gasteiger partial charge in [-0.05, 0) is 79.4 Å². The number of carbonyl (C=O) groups excluding carboxylic acids is 2. The highest BCUT2D eigenvalue weighted by atomic mass is 32.3. The number of carbonyl (C=O) groups is 2. The molecule has 48 heavy (non-hydrogen) atoms. The smallest absolute Gasteiger partial charge is 0.254 e. The molecule has 0 unspecified atom stereocenters. The van der Waals surface area contributed by atoms with E-state index in [1.165, 1.54) is 23.0 Å². The van der Waals surface area contributed by atoms with Crippen molar-refractivity contribution in [2.75, 3.05) is 63.2 Å². The molecule has 0 bridgehead atoms. The molecule has 10 nitrogen and oxygen atoms in total. The summed E-state index contributed by atoms with van der Waals surface area (Å²) in [4.78, 5) is 29.1. The maximum Gasteiger partial charge on any atom is 0.254 e. The molecule has 0 atom stereocenters. The number of rotatable bonds is 11. The fraction of sp³-hybridized carbons (Fsp3) is 0.286. The van der Waals surface area contributed by atoms with E-state index in [9.17, 15) is 18.4 Å². The second-order valence-corrected chi connectivity index (χ2v) is 16.9. The number of hydrogen-bond acceptors (Lipinski definition) is 7. The summed E-state index contributed by atoms with van der Waals surface area (Å²) in [6.07, 6.45) is 8.06. The van der Waals surface area contributed by atoms with Gasteiger partial charge in [0.25, 0.3) is 5.91 Å². The van der Waals surface area contributed by atoms with Gasteiger partial charge < -0.3 is 29.4 Å². The van der Waals surface area contributed by atoms with E-state index >= 15 is 0 Å². The zero-order chi connectivity index (χ0) is 34.0. The largest absolute Gasteiger partial charge is 0.454 e. The van der Waals surface area contributed by atoms with Crippen LogP contribution in [0.25, 0.3) is 16.6 Å². The van der Waals surface area contributed by atoms with Crippen molar-refractivity contribution in [2.24, 2.45) is 0 Å². The molecule has 2 aromatic heterocycles. The number of morpholine rings is 1. The number of hydrogen-bond donors (Lipinski definition) is 1. The summed E-state index contributed by atoms with van der Waals surface area (Å²) >= 11 is 0. The van der Waals surface area contributed by atoms with Crippen LogP contribution in [0.15, 0.2) is 72.9 Å². The van der Waals surface area contributed by atoms with Crippen molar-refractivity contribution >= 4 is 38.4 Å². The highest BCUT2D eigenvalue weighted by molar-refractivity contribution is 8.32. The van der Waals surface area contributed by atoms with Crippen LogP contribution in [0.5, 0.6) is 11.5 Å². The van der Waals surface area contributed by atoms with E-state index in [4.69, 9.17) is 19.9 Å². The van der Waals surface area contributed by atoms with Crippen LogP contribution in [0.4, 0.5) is 14.6 Å². The van der Waals surface area contributed by atoms with Crippen LogP contribution < -0.4 is 10.5 Å². The van der Waals surface area contributed by atoms with Gasteiger partial charge in [0.15, 0.2) is 11.6 Å². The fourth-order valence-corrected chi connectivity index (χ4v) is 5.98. The molecule has 2 N–H and O–H groups in total. The third-order valence-electron chi connectivity index (χ3n) is 8.02. The van der Waals surface area contributed by atoms with E-state index < -0.39 is 21.7 Å². The van der Waals surface area contributed by atoms with E-state index in [1.807, 2.05) is 6.07 Å². The van der Waals surface area contributed by atoms with Gasteiger partial charge in [-0.1, -0.05) is 6.07 Å². The van der Waals surface area contributed by atoms with Crippen molar-refractivity contribution in [3.63, 3.8) is 0 Å². The Bertz CT molecular complexity index is 1960. The SMILES string of the molecule is CS(C)(C)CCOCn1c(C(=O)c2cnn(-c3ccc(Oc4cccc(F)c4F)cc3)c2N)cc2cc(C(=O)N3CCOCC3)ccc21. The quantitative estimate of drug-likeness (QED) is 0.138. The Morgan fingerprint density at radius 2 is 1.75 bits per heavy atom. The van der Waals surface area contributed by atoms with Crippen molar-refractivity contribution in [3.8, 4) is 17.2 Å². The molecule has 0 spiro atoms. The van der Waals surface area contributed by atoms with Crippen molar-refractivity contribution in [1.29, 1.82) is 0 Å². The fourth-order valence-electron chi connectivity index (χ4n) is 5.37. The van der Waals surface area contributed by atoms with Crippen molar-refractivity contribution < 1.29 is 32.6 Å². The van der Waals surface area contributed by atoms with Crippen LogP contribution in [0.3, 0.4) is 0 Å². The molecule has 6 rings (SSSR count). The number of amides is 1. The first-order chi connectivity index (χ1) is 23.0. The lowest BCUT2D eigenvalue weighted by Crippen LogP contribution is -2.40. The summed E-state index contributed by atoms with van der Waals surface area (Å²) in [5.74, 6) is -1.49. The topological polar surface area (TPSA) is 114 Å². The molecule has 3 aromatic carbocycles. The second kappa shape index (κ2) is 13.8. The van der Waals surface area contributed by atoms with Gasteiger partial charge in [-0.3, -0.25) is 9.59 Å². The number of nitrogen functional groups attached to an aromatic ring is 1. The number of ketones is 1. The summed E-state index contributed by atoms with van der Waals surface area (Å²) < 4.78 is 47.8. The van der Waals surface area contributed by atoms with E-state index in [1.54, 1.807) is 51.9 Å². The van der Waals surface area contributed by atoms with Gasteiger partial charge >= 0.3 is 0 Å². The van der Waals surface area contributed by atoms with Crippen LogP contribution in [0, 0.1) is 11.6 Å². The number of halogens is 2. The Morgan fingerprint density at radius 3 is 2.48 bits per heavy atom. The first kappa shape index (κ1) is 33.2. The highest BCUT2D eigenvalue weighted by Crippen LogP contribution is 2.34. The number of aromatic nitrogens is 3. The minimum absolute atomic E-state index is 0.0896. The summed E-state index contributed by atoms with van der Waals surface area (Å²) in [6, 6.07) is 17.2. The molecular formula is C35H37F2N5O5S. The van der Waals surface area contributed by atoms with Crippen molar-refractivity contribution in [2.45, 2.75) is 6.73 Å². The lowest BCUT2D eigenvalue weighted by Gasteiger charge is -2.26. The van der Waals surface area contributed by atoms with Crippen LogP contribution in [0.1, 0.15) is 26.4 Å². The Morgan fingerprint density at radius 1 is 1.00 bits per heavy atom. The van der Waals surface area contributed by atoms with Gasteiger partial charge in [-0.2, -0.15) is 9.49 Å². The molecule has 1 aliphatic heterocycles. The first-order valence-corrected chi connectivity index (χ1v) is 18.4. The summed E-state index contributed by atoms with van der Waals surface area (Å²) in [5.41, 5.74) is 8.82. The number of anilines is 1. The maximum atomic E-state index is 14.1. The van der Waals surface area contributed by atoms with Gasteiger partial charge in [0.05, 0.1) is 48.5 Å². The minimum atomic E-state index is -1.08. The lowest BCUT2D eigenvalue weighted by molar-refractivity contribution is 0.0303. The Kier molecular flexibility index (Phi) is 9.54. The molecule has 252 valence electrons. The number of fused-ring (bicyclic) bond motifs is 1. The predicted molar refractivity (Wildman–Crippen MR) is 183 cm³/mol. The van der Waals surface area contributed by atoms with Crippen LogP contribution in [-0.2, 0) is 16.2 Å². The lowest BCUT2D eigenvalue weighted by atomic mass is 10.1. The van der Waals surface area contributed by atoms with Crippen LogP contribution in [0.2, 0.25) is 0 Å². The van der Waals surface area contributed by atoms with Gasteiger partial charge in [0.1, 0.15) is 18.3 Å². The van der Waals surface area contributed by atoms with Crippen molar-refractivity contribution in [1.82, 2.24) is 19.2 Å². The monoisotopic (exact) mass is 677 g/mol. The second-order valence-electron chi connectivity index (χ2n) is 12.3. The van der Waals surface area contributed by atoms with E-state index in [0.29, 0.717) is 49.9 Å². The van der Waals surface area contributed by atoms with E-state index in [2.05, 4.69) is 23.9 Å². The average Bonchev–Trinajstić information content (AvgIpc) is 3.64.